The Morgan fingerprint density at radius 1 is 1.55 bits per heavy atom. The Bertz CT molecular complexity index is 715. The normalized spacial score (nSPS) is 16.3. The van der Waals surface area contributed by atoms with Crippen LogP contribution in [0.25, 0.3) is 11.1 Å². The first-order valence-electron chi connectivity index (χ1n) is 6.63. The molecule has 1 heterocycles. The molecule has 1 saturated carbocycles. The Hall–Kier alpha value is -1.75. The largest absolute Gasteiger partial charge is 0.420 e. The van der Waals surface area contributed by atoms with E-state index in [-0.39, 0.29) is 18.5 Å². The second-order valence-corrected chi connectivity index (χ2v) is 5.70. The Kier molecular flexibility index (Phi) is 3.30. The molecule has 1 aromatic heterocycles. The second kappa shape index (κ2) is 4.98. The summed E-state index contributed by atoms with van der Waals surface area (Å²) >= 11 is 5.85. The van der Waals surface area contributed by atoms with Crippen LogP contribution in [0.1, 0.15) is 19.8 Å². The highest BCUT2D eigenvalue weighted by molar-refractivity contribution is 6.31. The number of hydrogen-bond acceptors (Lipinski definition) is 3. The van der Waals surface area contributed by atoms with Crippen molar-refractivity contribution in [2.45, 2.75) is 32.4 Å². The van der Waals surface area contributed by atoms with E-state index >= 15 is 0 Å². The predicted molar refractivity (Wildman–Crippen MR) is 75.8 cm³/mol. The molecule has 1 N–H and O–H groups in total. The Morgan fingerprint density at radius 2 is 2.30 bits per heavy atom. The van der Waals surface area contributed by atoms with Crippen LogP contribution in [0.3, 0.4) is 0 Å². The summed E-state index contributed by atoms with van der Waals surface area (Å²) in [6.45, 7) is 1.95. The molecule has 1 aliphatic carbocycles. The van der Waals surface area contributed by atoms with Crippen LogP contribution in [0.2, 0.25) is 5.02 Å². The Balaban J connectivity index is 1.81. The molecule has 106 valence electrons. The summed E-state index contributed by atoms with van der Waals surface area (Å²) in [4.78, 5) is 23.8. The maximum absolute atomic E-state index is 12.0. The van der Waals surface area contributed by atoms with E-state index in [4.69, 9.17) is 16.0 Å². The molecule has 0 aliphatic heterocycles. The minimum absolute atomic E-state index is 0.0372. The molecule has 1 atom stereocenters. The zero-order valence-electron chi connectivity index (χ0n) is 11.1. The van der Waals surface area contributed by atoms with Crippen molar-refractivity contribution in [2.24, 2.45) is 5.92 Å². The van der Waals surface area contributed by atoms with Crippen LogP contribution in [0.5, 0.6) is 0 Å². The average molecular weight is 295 g/mol. The van der Waals surface area contributed by atoms with E-state index in [9.17, 15) is 9.59 Å². The van der Waals surface area contributed by atoms with Crippen molar-refractivity contribution in [2.75, 3.05) is 0 Å². The first kappa shape index (κ1) is 13.2. The topological polar surface area (TPSA) is 64.2 Å². The number of benzene rings is 1. The molecule has 5 nitrogen and oxygen atoms in total. The van der Waals surface area contributed by atoms with Gasteiger partial charge in [0.1, 0.15) is 6.54 Å². The van der Waals surface area contributed by atoms with E-state index in [0.717, 1.165) is 12.8 Å². The third-order valence-electron chi connectivity index (χ3n) is 3.65. The predicted octanol–water partition coefficient (Wildman–Crippen LogP) is 2.16. The van der Waals surface area contributed by atoms with Crippen LogP contribution in [0.4, 0.5) is 0 Å². The van der Waals surface area contributed by atoms with Gasteiger partial charge in [0.05, 0.1) is 5.52 Å². The molecule has 1 amide bonds. The highest BCUT2D eigenvalue weighted by Crippen LogP contribution is 2.32. The highest BCUT2D eigenvalue weighted by atomic mass is 35.5. The second-order valence-electron chi connectivity index (χ2n) is 5.26. The standard InChI is InChI=1S/C14H15ClN2O3/c1-8(9-2-3-9)16-13(18)7-17-11-5-4-10(15)6-12(11)20-14(17)19/h4-6,8-9H,2-3,7H2,1H3,(H,16,18)/t8-/m1/s1. The van der Waals surface area contributed by atoms with Crippen molar-refractivity contribution in [3.63, 3.8) is 0 Å². The van der Waals surface area contributed by atoms with Gasteiger partial charge >= 0.3 is 5.76 Å². The van der Waals surface area contributed by atoms with E-state index < -0.39 is 5.76 Å². The number of fused-ring (bicyclic) bond motifs is 1. The summed E-state index contributed by atoms with van der Waals surface area (Å²) < 4.78 is 6.41. The van der Waals surface area contributed by atoms with Gasteiger partial charge in [-0.3, -0.25) is 9.36 Å². The molecular formula is C14H15ClN2O3. The maximum atomic E-state index is 12.0. The van der Waals surface area contributed by atoms with Crippen LogP contribution >= 0.6 is 11.6 Å². The minimum atomic E-state index is -0.545. The number of carbonyl (C=O) groups excluding carboxylic acids is 1. The lowest BCUT2D eigenvalue weighted by molar-refractivity contribution is -0.122. The molecule has 0 spiro atoms. The highest BCUT2D eigenvalue weighted by Gasteiger charge is 2.29. The Labute approximate surface area is 120 Å². The summed E-state index contributed by atoms with van der Waals surface area (Å²) in [5.41, 5.74) is 0.971. The molecule has 1 aromatic carbocycles. The number of aromatic nitrogens is 1. The average Bonchev–Trinajstić information content (AvgIpc) is 3.17. The third kappa shape index (κ3) is 2.58. The fourth-order valence-electron chi connectivity index (χ4n) is 2.35. The molecular weight excluding hydrogens is 280 g/mol. The first-order valence-corrected chi connectivity index (χ1v) is 7.00. The van der Waals surface area contributed by atoms with Crippen LogP contribution in [-0.4, -0.2) is 16.5 Å². The maximum Gasteiger partial charge on any atom is 0.420 e. The number of carbonyl (C=O) groups is 1. The summed E-state index contributed by atoms with van der Waals surface area (Å²) in [5.74, 6) is -0.142. The molecule has 1 fully saturated rings. The molecule has 6 heteroatoms. The lowest BCUT2D eigenvalue weighted by Gasteiger charge is -2.12. The summed E-state index contributed by atoms with van der Waals surface area (Å²) in [5, 5.41) is 3.41. The van der Waals surface area contributed by atoms with Gasteiger partial charge < -0.3 is 9.73 Å². The molecule has 3 rings (SSSR count). The van der Waals surface area contributed by atoms with Crippen molar-refractivity contribution in [3.05, 3.63) is 33.8 Å². The quantitative estimate of drug-likeness (QED) is 0.940. The third-order valence-corrected chi connectivity index (χ3v) is 3.88. The number of rotatable bonds is 4. The Morgan fingerprint density at radius 3 is 3.00 bits per heavy atom. The van der Waals surface area contributed by atoms with Gasteiger partial charge in [-0.1, -0.05) is 11.6 Å². The van der Waals surface area contributed by atoms with Gasteiger partial charge in [-0.2, -0.15) is 0 Å². The van der Waals surface area contributed by atoms with E-state index in [1.807, 2.05) is 6.92 Å². The van der Waals surface area contributed by atoms with Gasteiger partial charge in [-0.25, -0.2) is 4.79 Å². The summed E-state index contributed by atoms with van der Waals surface area (Å²) in [7, 11) is 0. The van der Waals surface area contributed by atoms with Gasteiger partial charge in [0.15, 0.2) is 5.58 Å². The molecule has 0 bridgehead atoms. The molecule has 2 aromatic rings. The van der Waals surface area contributed by atoms with Crippen molar-refractivity contribution in [1.82, 2.24) is 9.88 Å². The number of hydrogen-bond donors (Lipinski definition) is 1. The first-order chi connectivity index (χ1) is 9.54. The summed E-state index contributed by atoms with van der Waals surface area (Å²) in [6, 6.07) is 5.07. The number of nitrogens with one attached hydrogen (secondary N) is 1. The van der Waals surface area contributed by atoms with E-state index in [1.165, 1.54) is 4.57 Å². The van der Waals surface area contributed by atoms with Crippen LogP contribution in [0.15, 0.2) is 27.4 Å². The minimum Gasteiger partial charge on any atom is -0.408 e. The van der Waals surface area contributed by atoms with E-state index in [2.05, 4.69) is 5.32 Å². The van der Waals surface area contributed by atoms with Crippen molar-refractivity contribution in [3.8, 4) is 0 Å². The lowest BCUT2D eigenvalue weighted by atomic mass is 10.2. The zero-order chi connectivity index (χ0) is 14.3. The van der Waals surface area contributed by atoms with E-state index in [1.54, 1.807) is 18.2 Å². The van der Waals surface area contributed by atoms with Gasteiger partial charge in [0, 0.05) is 17.1 Å². The number of nitrogens with zero attached hydrogens (tertiary/aromatic N) is 1. The van der Waals surface area contributed by atoms with Crippen molar-refractivity contribution in [1.29, 1.82) is 0 Å². The van der Waals surface area contributed by atoms with Crippen molar-refractivity contribution < 1.29 is 9.21 Å². The van der Waals surface area contributed by atoms with Gasteiger partial charge in [0.25, 0.3) is 0 Å². The van der Waals surface area contributed by atoms with Crippen LogP contribution in [0, 0.1) is 5.92 Å². The van der Waals surface area contributed by atoms with Crippen molar-refractivity contribution >= 4 is 28.6 Å². The molecule has 0 saturated heterocycles. The smallest absolute Gasteiger partial charge is 0.408 e. The van der Waals surface area contributed by atoms with Gasteiger partial charge in [-0.05, 0) is 37.8 Å². The number of oxazole rings is 1. The van der Waals surface area contributed by atoms with Crippen LogP contribution < -0.4 is 11.1 Å². The molecule has 0 unspecified atom stereocenters. The number of halogens is 1. The molecule has 0 radical (unpaired) electrons. The monoisotopic (exact) mass is 294 g/mol. The fraction of sp³-hybridized carbons (Fsp3) is 0.429. The zero-order valence-corrected chi connectivity index (χ0v) is 11.8. The molecule has 1 aliphatic rings. The fourth-order valence-corrected chi connectivity index (χ4v) is 2.51. The van der Waals surface area contributed by atoms with Crippen LogP contribution in [-0.2, 0) is 11.3 Å². The van der Waals surface area contributed by atoms with Gasteiger partial charge in [-0.15, -0.1) is 0 Å². The number of amides is 1. The SMILES string of the molecule is C[C@@H](NC(=O)Cn1c(=O)oc2cc(Cl)ccc21)C1CC1. The summed E-state index contributed by atoms with van der Waals surface area (Å²) in [6.07, 6.45) is 2.32. The van der Waals surface area contributed by atoms with E-state index in [0.29, 0.717) is 22.0 Å². The molecule has 20 heavy (non-hydrogen) atoms. The lowest BCUT2D eigenvalue weighted by Crippen LogP contribution is -2.37. The van der Waals surface area contributed by atoms with Gasteiger partial charge in [0.2, 0.25) is 5.91 Å².